The lowest BCUT2D eigenvalue weighted by molar-refractivity contribution is 0.366. The van der Waals surface area contributed by atoms with E-state index in [-0.39, 0.29) is 0 Å². The second-order valence-corrected chi connectivity index (χ2v) is 4.53. The number of aromatic nitrogens is 1. The fourth-order valence-corrected chi connectivity index (χ4v) is 2.43. The van der Waals surface area contributed by atoms with Gasteiger partial charge in [0, 0.05) is 18.0 Å². The lowest BCUT2D eigenvalue weighted by Gasteiger charge is -2.08. The number of nitrogens with zero attached hydrogens (tertiary/aromatic N) is 1. The van der Waals surface area contributed by atoms with Crippen molar-refractivity contribution in [2.75, 3.05) is 20.2 Å². The van der Waals surface area contributed by atoms with E-state index in [1.165, 1.54) is 0 Å². The van der Waals surface area contributed by atoms with Gasteiger partial charge >= 0.3 is 0 Å². The molecule has 0 amide bonds. The van der Waals surface area contributed by atoms with Gasteiger partial charge in [0.1, 0.15) is 11.5 Å². The first-order valence-corrected chi connectivity index (χ1v) is 6.18. The molecule has 3 rings (SSSR count). The minimum Gasteiger partial charge on any atom is -0.497 e. The van der Waals surface area contributed by atoms with Gasteiger partial charge in [-0.1, -0.05) is 17.3 Å². The summed E-state index contributed by atoms with van der Waals surface area (Å²) in [6.45, 7) is 2.01. The Morgan fingerprint density at radius 1 is 1.44 bits per heavy atom. The van der Waals surface area contributed by atoms with E-state index in [1.54, 1.807) is 13.3 Å². The number of ether oxygens (including phenoxy) is 1. The van der Waals surface area contributed by atoms with Crippen LogP contribution < -0.4 is 10.1 Å². The van der Waals surface area contributed by atoms with Crippen LogP contribution in [-0.2, 0) is 0 Å². The molecule has 1 aromatic carbocycles. The van der Waals surface area contributed by atoms with Gasteiger partial charge in [-0.05, 0) is 30.7 Å². The van der Waals surface area contributed by atoms with E-state index < -0.39 is 0 Å². The molecule has 1 aliphatic heterocycles. The summed E-state index contributed by atoms with van der Waals surface area (Å²) in [5.41, 5.74) is 2.17. The van der Waals surface area contributed by atoms with Gasteiger partial charge in [0.15, 0.2) is 0 Å². The van der Waals surface area contributed by atoms with Crippen LogP contribution in [0.3, 0.4) is 0 Å². The Morgan fingerprint density at radius 2 is 2.39 bits per heavy atom. The first-order chi connectivity index (χ1) is 8.88. The van der Waals surface area contributed by atoms with Crippen LogP contribution in [0, 0.1) is 0 Å². The maximum absolute atomic E-state index is 5.45. The van der Waals surface area contributed by atoms with E-state index in [4.69, 9.17) is 9.26 Å². The molecule has 1 N–H and O–H groups in total. The standard InChI is InChI=1S/C14H16N2O2/c1-17-12-4-2-3-10(7-12)13-9-16-18-14(13)11-5-6-15-8-11/h2-4,7,9,11,15H,5-6,8H2,1H3. The average Bonchev–Trinajstić information content (AvgIpc) is 3.09. The molecule has 1 atom stereocenters. The topological polar surface area (TPSA) is 47.3 Å². The molecule has 1 fully saturated rings. The van der Waals surface area contributed by atoms with E-state index in [1.807, 2.05) is 18.2 Å². The zero-order valence-electron chi connectivity index (χ0n) is 10.3. The van der Waals surface area contributed by atoms with E-state index in [0.29, 0.717) is 5.92 Å². The molecule has 0 radical (unpaired) electrons. The Labute approximate surface area is 106 Å². The van der Waals surface area contributed by atoms with E-state index in [0.717, 1.165) is 42.1 Å². The van der Waals surface area contributed by atoms with Crippen molar-refractivity contribution in [2.24, 2.45) is 0 Å². The Bertz CT molecular complexity index is 530. The molecule has 4 heteroatoms. The Balaban J connectivity index is 1.98. The van der Waals surface area contributed by atoms with Crippen molar-refractivity contribution in [1.29, 1.82) is 0 Å². The number of nitrogens with one attached hydrogen (secondary N) is 1. The van der Waals surface area contributed by atoms with Gasteiger partial charge in [-0.2, -0.15) is 0 Å². The van der Waals surface area contributed by atoms with Crippen LogP contribution in [0.15, 0.2) is 35.0 Å². The maximum atomic E-state index is 5.45. The number of hydrogen-bond acceptors (Lipinski definition) is 4. The monoisotopic (exact) mass is 244 g/mol. The molecule has 18 heavy (non-hydrogen) atoms. The van der Waals surface area contributed by atoms with Gasteiger partial charge in [-0.3, -0.25) is 0 Å². The second kappa shape index (κ2) is 4.82. The third-order valence-electron chi connectivity index (χ3n) is 3.41. The van der Waals surface area contributed by atoms with Crippen LogP contribution in [0.4, 0.5) is 0 Å². The van der Waals surface area contributed by atoms with Crippen LogP contribution in [0.5, 0.6) is 5.75 Å². The molecule has 0 bridgehead atoms. The predicted molar refractivity (Wildman–Crippen MR) is 68.7 cm³/mol. The SMILES string of the molecule is COc1cccc(-c2cnoc2C2CCNC2)c1. The van der Waals surface area contributed by atoms with Crippen LogP contribution in [0.25, 0.3) is 11.1 Å². The summed E-state index contributed by atoms with van der Waals surface area (Å²) in [6.07, 6.45) is 2.90. The molecule has 94 valence electrons. The zero-order valence-corrected chi connectivity index (χ0v) is 10.3. The van der Waals surface area contributed by atoms with Crippen molar-refractivity contribution in [1.82, 2.24) is 10.5 Å². The van der Waals surface area contributed by atoms with Crippen molar-refractivity contribution < 1.29 is 9.26 Å². The van der Waals surface area contributed by atoms with Crippen molar-refractivity contribution >= 4 is 0 Å². The summed E-state index contributed by atoms with van der Waals surface area (Å²) in [5.74, 6) is 2.26. The summed E-state index contributed by atoms with van der Waals surface area (Å²) in [5, 5.41) is 7.30. The van der Waals surface area contributed by atoms with Gasteiger partial charge in [0.2, 0.25) is 0 Å². The number of methoxy groups -OCH3 is 1. The van der Waals surface area contributed by atoms with Crippen LogP contribution in [0.2, 0.25) is 0 Å². The largest absolute Gasteiger partial charge is 0.497 e. The van der Waals surface area contributed by atoms with E-state index in [2.05, 4.69) is 16.5 Å². The zero-order chi connectivity index (χ0) is 12.4. The molecule has 1 aromatic heterocycles. The highest BCUT2D eigenvalue weighted by Crippen LogP contribution is 2.33. The van der Waals surface area contributed by atoms with E-state index in [9.17, 15) is 0 Å². The van der Waals surface area contributed by atoms with Crippen LogP contribution in [-0.4, -0.2) is 25.4 Å². The maximum Gasteiger partial charge on any atom is 0.148 e. The summed E-state index contributed by atoms with van der Waals surface area (Å²) in [4.78, 5) is 0. The van der Waals surface area contributed by atoms with Crippen molar-refractivity contribution in [3.63, 3.8) is 0 Å². The van der Waals surface area contributed by atoms with Crippen LogP contribution >= 0.6 is 0 Å². The fourth-order valence-electron chi connectivity index (χ4n) is 2.43. The Morgan fingerprint density at radius 3 is 3.17 bits per heavy atom. The molecular weight excluding hydrogens is 228 g/mol. The van der Waals surface area contributed by atoms with Gasteiger partial charge in [-0.25, -0.2) is 0 Å². The van der Waals surface area contributed by atoms with Gasteiger partial charge < -0.3 is 14.6 Å². The summed E-state index contributed by atoms with van der Waals surface area (Å²) in [7, 11) is 1.68. The Hall–Kier alpha value is -1.81. The van der Waals surface area contributed by atoms with Gasteiger partial charge in [0.05, 0.1) is 13.3 Å². The van der Waals surface area contributed by atoms with Crippen LogP contribution in [0.1, 0.15) is 18.1 Å². The predicted octanol–water partition coefficient (Wildman–Crippen LogP) is 2.43. The number of rotatable bonds is 3. The number of benzene rings is 1. The molecule has 1 unspecified atom stereocenters. The molecule has 0 spiro atoms. The first kappa shape index (κ1) is 11.3. The average molecular weight is 244 g/mol. The van der Waals surface area contributed by atoms with Gasteiger partial charge in [-0.15, -0.1) is 0 Å². The van der Waals surface area contributed by atoms with Crippen molar-refractivity contribution in [2.45, 2.75) is 12.3 Å². The smallest absolute Gasteiger partial charge is 0.148 e. The molecule has 0 aliphatic carbocycles. The summed E-state index contributed by atoms with van der Waals surface area (Å²) < 4.78 is 10.7. The second-order valence-electron chi connectivity index (χ2n) is 4.53. The van der Waals surface area contributed by atoms with Crippen molar-refractivity contribution in [3.05, 3.63) is 36.2 Å². The molecule has 1 saturated heterocycles. The van der Waals surface area contributed by atoms with Crippen molar-refractivity contribution in [3.8, 4) is 16.9 Å². The molecule has 1 aliphatic rings. The normalized spacial score (nSPS) is 19.1. The van der Waals surface area contributed by atoms with E-state index >= 15 is 0 Å². The third kappa shape index (κ3) is 1.99. The summed E-state index contributed by atoms with van der Waals surface area (Å²) in [6, 6.07) is 7.99. The minimum absolute atomic E-state index is 0.425. The van der Waals surface area contributed by atoms with Gasteiger partial charge in [0.25, 0.3) is 0 Å². The lowest BCUT2D eigenvalue weighted by atomic mass is 9.98. The third-order valence-corrected chi connectivity index (χ3v) is 3.41. The molecule has 4 nitrogen and oxygen atoms in total. The summed E-state index contributed by atoms with van der Waals surface area (Å²) >= 11 is 0. The highest BCUT2D eigenvalue weighted by atomic mass is 16.5. The number of hydrogen-bond donors (Lipinski definition) is 1. The molecule has 0 saturated carbocycles. The Kier molecular flexibility index (Phi) is 3.02. The fraction of sp³-hybridized carbons (Fsp3) is 0.357. The molecule has 2 heterocycles. The first-order valence-electron chi connectivity index (χ1n) is 6.18. The minimum atomic E-state index is 0.425. The molecule has 2 aromatic rings. The quantitative estimate of drug-likeness (QED) is 0.900. The molecular formula is C14H16N2O2. The highest BCUT2D eigenvalue weighted by Gasteiger charge is 2.24. The highest BCUT2D eigenvalue weighted by molar-refractivity contribution is 5.66. The lowest BCUT2D eigenvalue weighted by Crippen LogP contribution is -2.07.